The topological polar surface area (TPSA) is 79.5 Å². The summed E-state index contributed by atoms with van der Waals surface area (Å²) in [7, 11) is -3.75. The Hall–Kier alpha value is -1.18. The van der Waals surface area contributed by atoms with Crippen molar-refractivity contribution in [2.75, 3.05) is 37.6 Å². The third kappa shape index (κ3) is 4.26. The molecule has 2 N–H and O–H groups in total. The molecule has 3 heterocycles. The first-order chi connectivity index (χ1) is 11.4. The maximum atomic E-state index is 11.8. The van der Waals surface area contributed by atoms with Crippen LogP contribution < -0.4 is 10.0 Å². The summed E-state index contributed by atoms with van der Waals surface area (Å²) in [5.41, 5.74) is 0. The number of piperidine rings is 2. The van der Waals surface area contributed by atoms with E-state index in [0.717, 1.165) is 32.0 Å². The van der Waals surface area contributed by atoms with E-state index in [-0.39, 0.29) is 4.90 Å². The van der Waals surface area contributed by atoms with E-state index in [1.54, 1.807) is 18.3 Å². The average molecular weight is 353 g/mol. The fraction of sp³-hybridized carbons (Fsp3) is 0.706. The molecule has 7 heteroatoms. The van der Waals surface area contributed by atoms with E-state index in [2.05, 4.69) is 21.7 Å². The van der Waals surface area contributed by atoms with Gasteiger partial charge in [-0.05, 0) is 62.7 Å². The van der Waals surface area contributed by atoms with Gasteiger partial charge in [-0.25, -0.2) is 18.5 Å². The fourth-order valence-corrected chi connectivity index (χ4v) is 4.56. The van der Waals surface area contributed by atoms with Crippen molar-refractivity contribution in [3.8, 4) is 0 Å². The third-order valence-electron chi connectivity index (χ3n) is 5.27. The van der Waals surface area contributed by atoms with E-state index in [1.165, 1.54) is 32.4 Å². The van der Waals surface area contributed by atoms with Crippen molar-refractivity contribution in [2.45, 2.75) is 37.5 Å². The summed E-state index contributed by atoms with van der Waals surface area (Å²) in [4.78, 5) is 9.11. The summed E-state index contributed by atoms with van der Waals surface area (Å²) in [5, 5.41) is 5.36. The number of rotatable bonds is 4. The van der Waals surface area contributed by atoms with Gasteiger partial charge in [0, 0.05) is 25.8 Å². The minimum absolute atomic E-state index is 0.137. The Morgan fingerprint density at radius 3 is 2.71 bits per heavy atom. The van der Waals surface area contributed by atoms with E-state index in [9.17, 15) is 8.42 Å². The van der Waals surface area contributed by atoms with Gasteiger partial charge in [-0.15, -0.1) is 0 Å². The molecule has 0 aliphatic carbocycles. The molecule has 2 aliphatic heterocycles. The zero-order chi connectivity index (χ0) is 17.2. The Morgan fingerprint density at radius 1 is 1.25 bits per heavy atom. The highest BCUT2D eigenvalue weighted by molar-refractivity contribution is 7.89. The monoisotopic (exact) mass is 352 g/mol. The van der Waals surface area contributed by atoms with Gasteiger partial charge in [0.05, 0.1) is 0 Å². The van der Waals surface area contributed by atoms with Gasteiger partial charge in [0.2, 0.25) is 10.0 Å². The zero-order valence-electron chi connectivity index (χ0n) is 14.4. The summed E-state index contributed by atoms with van der Waals surface area (Å²) in [6.45, 7) is 7.49. The summed E-state index contributed by atoms with van der Waals surface area (Å²) in [6.07, 6.45) is 6.47. The standard InChI is InChI=1S/C17H28N4O2S/c1-14-6-10-20(11-7-14)12-15-4-3-9-21(13-15)17-16(24(18,22)23)5-2-8-19-17/h2,5,8,14-15H,3-4,6-7,9-13H2,1H3,(H2,18,22,23). The van der Waals surface area contributed by atoms with Crippen LogP contribution in [0, 0.1) is 11.8 Å². The van der Waals surface area contributed by atoms with Crippen LogP contribution in [-0.2, 0) is 10.0 Å². The van der Waals surface area contributed by atoms with Crippen LogP contribution in [0.15, 0.2) is 23.2 Å². The Balaban J connectivity index is 1.68. The van der Waals surface area contributed by atoms with Gasteiger partial charge in [0.1, 0.15) is 10.7 Å². The van der Waals surface area contributed by atoms with Crippen LogP contribution in [0.5, 0.6) is 0 Å². The van der Waals surface area contributed by atoms with Crippen molar-refractivity contribution in [3.05, 3.63) is 18.3 Å². The number of pyridine rings is 1. The average Bonchev–Trinajstić information content (AvgIpc) is 2.56. The molecular formula is C17H28N4O2S. The molecule has 6 nitrogen and oxygen atoms in total. The Labute approximate surface area is 145 Å². The predicted molar refractivity (Wildman–Crippen MR) is 95.4 cm³/mol. The van der Waals surface area contributed by atoms with Gasteiger partial charge in [0.25, 0.3) is 0 Å². The normalized spacial score (nSPS) is 24.2. The summed E-state index contributed by atoms with van der Waals surface area (Å²) < 4.78 is 23.7. The molecule has 0 saturated carbocycles. The van der Waals surface area contributed by atoms with Crippen LogP contribution in [0.4, 0.5) is 5.82 Å². The highest BCUT2D eigenvalue weighted by atomic mass is 32.2. The number of nitrogens with two attached hydrogens (primary N) is 1. The van der Waals surface area contributed by atoms with Gasteiger partial charge in [-0.1, -0.05) is 6.92 Å². The lowest BCUT2D eigenvalue weighted by atomic mass is 9.94. The van der Waals surface area contributed by atoms with E-state index >= 15 is 0 Å². The highest BCUT2D eigenvalue weighted by Crippen LogP contribution is 2.27. The van der Waals surface area contributed by atoms with Crippen LogP contribution in [0.1, 0.15) is 32.6 Å². The summed E-state index contributed by atoms with van der Waals surface area (Å²) in [5.74, 6) is 1.91. The number of likely N-dealkylation sites (tertiary alicyclic amines) is 1. The summed E-state index contributed by atoms with van der Waals surface area (Å²) in [6, 6.07) is 3.17. The van der Waals surface area contributed by atoms with Crippen LogP contribution in [0.3, 0.4) is 0 Å². The first kappa shape index (κ1) is 17.6. The quantitative estimate of drug-likeness (QED) is 0.892. The van der Waals surface area contributed by atoms with Gasteiger partial charge in [-0.3, -0.25) is 0 Å². The van der Waals surface area contributed by atoms with Crippen LogP contribution in [0.25, 0.3) is 0 Å². The molecule has 2 aliphatic rings. The summed E-state index contributed by atoms with van der Waals surface area (Å²) >= 11 is 0. The number of primary sulfonamides is 1. The molecule has 2 saturated heterocycles. The van der Waals surface area contributed by atoms with Crippen molar-refractivity contribution >= 4 is 15.8 Å². The van der Waals surface area contributed by atoms with Crippen molar-refractivity contribution in [1.29, 1.82) is 0 Å². The molecule has 134 valence electrons. The van der Waals surface area contributed by atoms with Gasteiger partial charge >= 0.3 is 0 Å². The number of nitrogens with zero attached hydrogens (tertiary/aromatic N) is 3. The molecule has 1 aromatic rings. The number of sulfonamides is 1. The van der Waals surface area contributed by atoms with Gasteiger partial charge in [-0.2, -0.15) is 0 Å². The Kier molecular flexibility index (Phi) is 5.42. The smallest absolute Gasteiger partial charge is 0.241 e. The third-order valence-corrected chi connectivity index (χ3v) is 6.20. The molecule has 24 heavy (non-hydrogen) atoms. The Bertz CT molecular complexity index is 656. The van der Waals surface area contributed by atoms with Crippen molar-refractivity contribution in [2.24, 2.45) is 17.0 Å². The highest BCUT2D eigenvalue weighted by Gasteiger charge is 2.27. The zero-order valence-corrected chi connectivity index (χ0v) is 15.2. The van der Waals surface area contributed by atoms with Crippen LogP contribution in [-0.4, -0.2) is 51.0 Å². The molecule has 0 amide bonds. The maximum absolute atomic E-state index is 11.8. The van der Waals surface area contributed by atoms with Crippen molar-refractivity contribution in [1.82, 2.24) is 9.88 Å². The lowest BCUT2D eigenvalue weighted by Gasteiger charge is -2.38. The SMILES string of the molecule is CC1CCN(CC2CCCN(c3ncccc3S(N)(=O)=O)C2)CC1. The minimum atomic E-state index is -3.75. The molecular weight excluding hydrogens is 324 g/mol. The molecule has 0 aromatic carbocycles. The van der Waals surface area contributed by atoms with Crippen molar-refractivity contribution in [3.63, 3.8) is 0 Å². The number of anilines is 1. The van der Waals surface area contributed by atoms with Gasteiger partial charge < -0.3 is 9.80 Å². The van der Waals surface area contributed by atoms with E-state index in [4.69, 9.17) is 5.14 Å². The minimum Gasteiger partial charge on any atom is -0.355 e. The molecule has 2 fully saturated rings. The second kappa shape index (κ2) is 7.37. The van der Waals surface area contributed by atoms with Crippen molar-refractivity contribution < 1.29 is 8.42 Å². The molecule has 0 bridgehead atoms. The molecule has 0 radical (unpaired) electrons. The Morgan fingerprint density at radius 2 is 2.00 bits per heavy atom. The predicted octanol–water partition coefficient (Wildman–Crippen LogP) is 1.68. The van der Waals surface area contributed by atoms with E-state index < -0.39 is 10.0 Å². The fourth-order valence-electron chi connectivity index (χ4n) is 3.86. The van der Waals surface area contributed by atoms with E-state index in [0.29, 0.717) is 11.7 Å². The molecule has 1 aromatic heterocycles. The number of hydrogen-bond acceptors (Lipinski definition) is 5. The number of hydrogen-bond donors (Lipinski definition) is 1. The second-order valence-electron chi connectivity index (χ2n) is 7.31. The second-order valence-corrected chi connectivity index (χ2v) is 8.84. The van der Waals surface area contributed by atoms with Gasteiger partial charge in [0.15, 0.2) is 0 Å². The first-order valence-electron chi connectivity index (χ1n) is 8.88. The maximum Gasteiger partial charge on any atom is 0.241 e. The van der Waals surface area contributed by atoms with E-state index in [1.807, 2.05) is 0 Å². The molecule has 1 unspecified atom stereocenters. The molecule has 3 rings (SSSR count). The molecule has 0 spiro atoms. The molecule has 1 atom stereocenters. The lowest BCUT2D eigenvalue weighted by molar-refractivity contribution is 0.159. The van der Waals surface area contributed by atoms with Crippen LogP contribution >= 0.6 is 0 Å². The lowest BCUT2D eigenvalue weighted by Crippen LogP contribution is -2.44. The largest absolute Gasteiger partial charge is 0.355 e. The number of aromatic nitrogens is 1. The van der Waals surface area contributed by atoms with Crippen LogP contribution in [0.2, 0.25) is 0 Å². The first-order valence-corrected chi connectivity index (χ1v) is 10.4.